The third-order valence-electron chi connectivity index (χ3n) is 4.85. The van der Waals surface area contributed by atoms with Crippen LogP contribution in [0.15, 0.2) is 29.1 Å². The van der Waals surface area contributed by atoms with Gasteiger partial charge in [-0.3, -0.25) is 14.6 Å². The molecule has 6 heteroatoms. The van der Waals surface area contributed by atoms with Crippen molar-refractivity contribution in [3.8, 4) is 11.1 Å². The summed E-state index contributed by atoms with van der Waals surface area (Å²) in [5, 5.41) is 0.315. The smallest absolute Gasteiger partial charge is 0.262 e. The highest BCUT2D eigenvalue weighted by atomic mass is 16.1. The highest BCUT2D eigenvalue weighted by molar-refractivity contribution is 6.10. The fraction of sp³-hybridized carbons (Fsp3) is 0.300. The lowest BCUT2D eigenvalue weighted by Crippen LogP contribution is -2.29. The lowest BCUT2D eigenvalue weighted by Gasteiger charge is -2.31. The molecule has 0 saturated heterocycles. The van der Waals surface area contributed by atoms with Crippen LogP contribution in [0.2, 0.25) is 0 Å². The van der Waals surface area contributed by atoms with E-state index in [0.717, 1.165) is 11.1 Å². The summed E-state index contributed by atoms with van der Waals surface area (Å²) in [6.07, 6.45) is 1.07. The fourth-order valence-corrected chi connectivity index (χ4v) is 3.71. The van der Waals surface area contributed by atoms with Crippen LogP contribution in [0.25, 0.3) is 22.2 Å². The van der Waals surface area contributed by atoms with Gasteiger partial charge in [0.2, 0.25) is 5.95 Å². The number of hydrogen-bond donors (Lipinski definition) is 2. The summed E-state index contributed by atoms with van der Waals surface area (Å²) in [5.74, 6) is 0.0312. The molecule has 0 amide bonds. The first-order valence-corrected chi connectivity index (χ1v) is 8.58. The van der Waals surface area contributed by atoms with Crippen LogP contribution in [0.5, 0.6) is 0 Å². The maximum atomic E-state index is 13.0. The molecule has 0 radical (unpaired) electrons. The molecule has 26 heavy (non-hydrogen) atoms. The molecule has 1 aliphatic carbocycles. The van der Waals surface area contributed by atoms with Crippen LogP contribution >= 0.6 is 0 Å². The molecule has 0 atom stereocenters. The van der Waals surface area contributed by atoms with E-state index in [2.05, 4.69) is 15.0 Å². The van der Waals surface area contributed by atoms with Crippen molar-refractivity contribution in [1.29, 1.82) is 0 Å². The predicted octanol–water partition coefficient (Wildman–Crippen LogP) is 3.03. The van der Waals surface area contributed by atoms with Crippen molar-refractivity contribution in [3.63, 3.8) is 0 Å². The Hall–Kier alpha value is -3.02. The highest BCUT2D eigenvalue weighted by Gasteiger charge is 2.35. The third kappa shape index (κ3) is 2.58. The van der Waals surface area contributed by atoms with Crippen molar-refractivity contribution in [1.82, 2.24) is 15.0 Å². The second kappa shape index (κ2) is 5.49. The molecule has 0 bridgehead atoms. The molecule has 2 heterocycles. The number of nitrogens with two attached hydrogens (primary N) is 1. The number of carbonyl (C=O) groups is 1. The average Bonchev–Trinajstić information content (AvgIpc) is 2.52. The molecule has 4 rings (SSSR count). The molecule has 0 fully saturated rings. The van der Waals surface area contributed by atoms with Crippen LogP contribution in [-0.4, -0.2) is 20.7 Å². The van der Waals surface area contributed by atoms with Gasteiger partial charge >= 0.3 is 0 Å². The minimum atomic E-state index is -0.379. The number of benzene rings is 1. The Morgan fingerprint density at radius 2 is 1.73 bits per heavy atom. The zero-order valence-electron chi connectivity index (χ0n) is 15.0. The van der Waals surface area contributed by atoms with E-state index in [4.69, 9.17) is 5.73 Å². The van der Waals surface area contributed by atoms with Gasteiger partial charge in [-0.15, -0.1) is 0 Å². The van der Waals surface area contributed by atoms with Crippen LogP contribution in [-0.2, 0) is 6.42 Å². The monoisotopic (exact) mass is 348 g/mol. The number of nitrogens with one attached hydrogen (secondary N) is 1. The molecule has 3 aromatic rings. The summed E-state index contributed by atoms with van der Waals surface area (Å²) in [6.45, 7) is 6.09. The number of aromatic amines is 1. The topological polar surface area (TPSA) is 102 Å². The molecule has 0 unspecified atom stereocenters. The van der Waals surface area contributed by atoms with Crippen molar-refractivity contribution < 1.29 is 4.79 Å². The highest BCUT2D eigenvalue weighted by Crippen LogP contribution is 2.40. The summed E-state index contributed by atoms with van der Waals surface area (Å²) in [5.41, 5.74) is 9.19. The Morgan fingerprint density at radius 3 is 2.42 bits per heavy atom. The number of aryl methyl sites for hydroxylation is 1. The van der Waals surface area contributed by atoms with E-state index in [1.165, 1.54) is 0 Å². The number of ketones is 1. The first-order valence-electron chi connectivity index (χ1n) is 8.58. The Labute approximate surface area is 150 Å². The zero-order chi connectivity index (χ0) is 18.6. The Bertz CT molecular complexity index is 1110. The molecule has 2 aromatic heterocycles. The Kier molecular flexibility index (Phi) is 3.47. The van der Waals surface area contributed by atoms with E-state index in [-0.39, 0.29) is 28.4 Å². The number of rotatable bonds is 1. The first kappa shape index (κ1) is 16.4. The van der Waals surface area contributed by atoms with Gasteiger partial charge in [0.05, 0.1) is 11.1 Å². The number of nitrogens with zero attached hydrogens (tertiary/aromatic N) is 2. The number of nitrogen functional groups attached to an aromatic ring is 1. The maximum Gasteiger partial charge on any atom is 0.262 e. The second-order valence-corrected chi connectivity index (χ2v) is 7.77. The number of anilines is 1. The molecule has 3 N–H and O–H groups in total. The van der Waals surface area contributed by atoms with Gasteiger partial charge in [-0.05, 0) is 24.3 Å². The van der Waals surface area contributed by atoms with Crippen LogP contribution < -0.4 is 11.3 Å². The second-order valence-electron chi connectivity index (χ2n) is 7.77. The van der Waals surface area contributed by atoms with Crippen molar-refractivity contribution in [2.45, 2.75) is 33.6 Å². The van der Waals surface area contributed by atoms with Gasteiger partial charge in [-0.2, -0.15) is 4.98 Å². The van der Waals surface area contributed by atoms with Gasteiger partial charge in [0.1, 0.15) is 0 Å². The molecule has 1 aromatic carbocycles. The third-order valence-corrected chi connectivity index (χ3v) is 4.85. The average molecular weight is 348 g/mol. The molecular formula is C20H20N4O2. The summed E-state index contributed by atoms with van der Waals surface area (Å²) >= 11 is 0. The number of hydrogen-bond acceptors (Lipinski definition) is 5. The lowest BCUT2D eigenvalue weighted by molar-refractivity contribution is 0.0911. The van der Waals surface area contributed by atoms with Gasteiger partial charge in [0.15, 0.2) is 11.4 Å². The molecule has 6 nitrogen and oxygen atoms in total. The maximum absolute atomic E-state index is 13.0. The van der Waals surface area contributed by atoms with Crippen LogP contribution in [0.1, 0.15) is 41.9 Å². The van der Waals surface area contributed by atoms with Crippen LogP contribution in [0, 0.1) is 12.3 Å². The molecule has 1 aliphatic rings. The number of H-pyrrole nitrogens is 1. The summed E-state index contributed by atoms with van der Waals surface area (Å²) < 4.78 is 0. The molecular weight excluding hydrogens is 328 g/mol. The Balaban J connectivity index is 2.16. The SMILES string of the molecule is Cc1ccc(-c2c3c(nc4nc(N)[nH]c(=O)c24)CC(C)(C)CC3=O)cc1. The van der Waals surface area contributed by atoms with E-state index >= 15 is 0 Å². The predicted molar refractivity (Wildman–Crippen MR) is 101 cm³/mol. The van der Waals surface area contributed by atoms with Gasteiger partial charge in [0.25, 0.3) is 5.56 Å². The minimum Gasteiger partial charge on any atom is -0.369 e. The van der Waals surface area contributed by atoms with E-state index in [9.17, 15) is 9.59 Å². The number of fused-ring (bicyclic) bond motifs is 2. The molecule has 132 valence electrons. The number of Topliss-reactive ketones (excluding diaryl/α,β-unsaturated/α-hetero) is 1. The normalized spacial score (nSPS) is 15.9. The standard InChI is InChI=1S/C20H20N4O2/c1-10-4-6-11(7-5-10)14-15-12(8-20(2,3)9-13(15)25)22-17-16(14)18(26)24-19(21)23-17/h4-7H,8-9H2,1-3H3,(H3,21,22,23,24,26). The van der Waals surface area contributed by atoms with Crippen molar-refractivity contribution >= 4 is 22.8 Å². The van der Waals surface area contributed by atoms with Gasteiger partial charge in [0, 0.05) is 17.5 Å². The van der Waals surface area contributed by atoms with Crippen LogP contribution in [0.3, 0.4) is 0 Å². The quantitative estimate of drug-likeness (QED) is 0.704. The summed E-state index contributed by atoms with van der Waals surface area (Å²) in [4.78, 5) is 36.9. The fourth-order valence-electron chi connectivity index (χ4n) is 3.71. The van der Waals surface area contributed by atoms with Gasteiger partial charge < -0.3 is 5.73 Å². The van der Waals surface area contributed by atoms with E-state index in [1.807, 2.05) is 45.0 Å². The molecule has 0 aliphatic heterocycles. The van der Waals surface area contributed by atoms with E-state index < -0.39 is 0 Å². The first-order chi connectivity index (χ1) is 12.2. The molecule has 0 spiro atoms. The Morgan fingerprint density at radius 1 is 1.04 bits per heavy atom. The van der Waals surface area contributed by atoms with Crippen molar-refractivity contribution in [3.05, 3.63) is 51.4 Å². The lowest BCUT2D eigenvalue weighted by atomic mass is 9.73. The zero-order valence-corrected chi connectivity index (χ0v) is 15.0. The van der Waals surface area contributed by atoms with Crippen molar-refractivity contribution in [2.75, 3.05) is 5.73 Å². The number of carbonyl (C=O) groups excluding carboxylic acids is 1. The van der Waals surface area contributed by atoms with Gasteiger partial charge in [-0.1, -0.05) is 43.7 Å². The summed E-state index contributed by atoms with van der Waals surface area (Å²) in [6, 6.07) is 7.77. The largest absolute Gasteiger partial charge is 0.369 e. The van der Waals surface area contributed by atoms with Gasteiger partial charge in [-0.25, -0.2) is 4.98 Å². The number of aromatic nitrogens is 3. The minimum absolute atomic E-state index is 0.0115. The van der Waals surface area contributed by atoms with Crippen LogP contribution in [0.4, 0.5) is 5.95 Å². The van der Waals surface area contributed by atoms with Crippen molar-refractivity contribution in [2.24, 2.45) is 5.41 Å². The number of pyridine rings is 1. The van der Waals surface area contributed by atoms with E-state index in [1.54, 1.807) is 0 Å². The molecule has 0 saturated carbocycles. The van der Waals surface area contributed by atoms with E-state index in [0.29, 0.717) is 35.0 Å². The summed E-state index contributed by atoms with van der Waals surface area (Å²) in [7, 11) is 0.